The maximum absolute atomic E-state index is 11.7. The Morgan fingerprint density at radius 1 is 1.35 bits per heavy atom. The molecule has 1 amide bonds. The summed E-state index contributed by atoms with van der Waals surface area (Å²) in [5.41, 5.74) is 0. The molecule has 0 radical (unpaired) electrons. The molecule has 17 heavy (non-hydrogen) atoms. The highest BCUT2D eigenvalue weighted by molar-refractivity contribution is 7.09. The fourth-order valence-electron chi connectivity index (χ4n) is 1.43. The Labute approximate surface area is 105 Å². The van der Waals surface area contributed by atoms with E-state index >= 15 is 0 Å². The predicted octanol–water partition coefficient (Wildman–Crippen LogP) is 1.95. The number of aryl methyl sites for hydroxylation is 1. The fourth-order valence-corrected chi connectivity index (χ4v) is 2.18. The van der Waals surface area contributed by atoms with E-state index in [4.69, 9.17) is 10.5 Å². The Hall–Kier alpha value is -1.85. The first-order valence-corrected chi connectivity index (χ1v) is 6.20. The van der Waals surface area contributed by atoms with Crippen LogP contribution < -0.4 is 0 Å². The van der Waals surface area contributed by atoms with E-state index in [9.17, 15) is 4.79 Å². The van der Waals surface area contributed by atoms with E-state index in [0.29, 0.717) is 6.42 Å². The molecular weight excluding hydrogens is 234 g/mol. The van der Waals surface area contributed by atoms with E-state index < -0.39 is 0 Å². The molecule has 0 fully saturated rings. The Morgan fingerprint density at radius 2 is 2.06 bits per heavy atom. The molecule has 0 bridgehead atoms. The summed E-state index contributed by atoms with van der Waals surface area (Å²) in [6.45, 7) is -0.0171. The second-order valence-corrected chi connectivity index (χ2v) is 4.53. The number of thiophene rings is 1. The van der Waals surface area contributed by atoms with Gasteiger partial charge < -0.3 is 4.90 Å². The summed E-state index contributed by atoms with van der Waals surface area (Å²) < 4.78 is 0. The predicted molar refractivity (Wildman–Crippen MR) is 65.1 cm³/mol. The van der Waals surface area contributed by atoms with Gasteiger partial charge in [-0.15, -0.1) is 11.3 Å². The molecule has 88 valence electrons. The fraction of sp³-hybridized carbons (Fsp3) is 0.417. The van der Waals surface area contributed by atoms with Crippen LogP contribution in [-0.4, -0.2) is 23.9 Å². The van der Waals surface area contributed by atoms with Gasteiger partial charge in [-0.1, -0.05) is 6.07 Å². The summed E-state index contributed by atoms with van der Waals surface area (Å²) in [5, 5.41) is 19.1. The summed E-state index contributed by atoms with van der Waals surface area (Å²) >= 11 is 1.67. The van der Waals surface area contributed by atoms with Crippen molar-refractivity contribution in [2.45, 2.75) is 19.3 Å². The molecule has 0 saturated carbocycles. The Kier molecular flexibility index (Phi) is 5.77. The van der Waals surface area contributed by atoms with Gasteiger partial charge in [0.15, 0.2) is 0 Å². The zero-order valence-corrected chi connectivity index (χ0v) is 10.2. The standard InChI is InChI=1S/C12H13N3OS/c13-6-8-15(9-7-14)12(16)5-1-3-11-4-2-10-17-11/h2,4,10H,1,3,5,8-9H2. The van der Waals surface area contributed by atoms with E-state index in [1.165, 1.54) is 9.78 Å². The van der Waals surface area contributed by atoms with Crippen molar-refractivity contribution in [3.8, 4) is 12.1 Å². The lowest BCUT2D eigenvalue weighted by atomic mass is 10.2. The minimum absolute atomic E-state index is 0.00854. The van der Waals surface area contributed by atoms with Crippen LogP contribution in [0.25, 0.3) is 0 Å². The van der Waals surface area contributed by atoms with Gasteiger partial charge in [-0.2, -0.15) is 10.5 Å². The minimum Gasteiger partial charge on any atom is -0.316 e. The number of hydrogen-bond donors (Lipinski definition) is 0. The van der Waals surface area contributed by atoms with Gasteiger partial charge in [0, 0.05) is 11.3 Å². The van der Waals surface area contributed by atoms with Gasteiger partial charge in [-0.05, 0) is 24.3 Å². The minimum atomic E-state index is -0.121. The highest BCUT2D eigenvalue weighted by Gasteiger charge is 2.11. The first-order chi connectivity index (χ1) is 8.27. The van der Waals surface area contributed by atoms with Crippen LogP contribution in [0.5, 0.6) is 0 Å². The third-order valence-corrected chi connectivity index (χ3v) is 3.21. The molecule has 0 aliphatic carbocycles. The maximum atomic E-state index is 11.7. The molecule has 0 N–H and O–H groups in total. The van der Waals surface area contributed by atoms with Crippen molar-refractivity contribution >= 4 is 17.2 Å². The number of amides is 1. The monoisotopic (exact) mass is 247 g/mol. The molecule has 1 rings (SSSR count). The summed E-state index contributed by atoms with van der Waals surface area (Å²) in [6, 6.07) is 7.81. The van der Waals surface area contributed by atoms with Crippen LogP contribution in [0, 0.1) is 22.7 Å². The summed E-state index contributed by atoms with van der Waals surface area (Å²) in [7, 11) is 0. The first kappa shape index (κ1) is 13.2. The molecular formula is C12H13N3OS. The van der Waals surface area contributed by atoms with Gasteiger partial charge in [-0.3, -0.25) is 4.79 Å². The lowest BCUT2D eigenvalue weighted by molar-refractivity contribution is -0.130. The van der Waals surface area contributed by atoms with Crippen LogP contribution in [0.15, 0.2) is 17.5 Å². The van der Waals surface area contributed by atoms with Crippen molar-refractivity contribution in [1.29, 1.82) is 10.5 Å². The van der Waals surface area contributed by atoms with Crippen LogP contribution in [0.2, 0.25) is 0 Å². The average Bonchev–Trinajstić information content (AvgIpc) is 2.81. The topological polar surface area (TPSA) is 67.9 Å². The SMILES string of the molecule is N#CCN(CC#N)C(=O)CCCc1cccs1. The summed E-state index contributed by atoms with van der Waals surface area (Å²) in [5.74, 6) is -0.121. The maximum Gasteiger partial charge on any atom is 0.224 e. The highest BCUT2D eigenvalue weighted by Crippen LogP contribution is 2.12. The molecule has 1 aromatic rings. The van der Waals surface area contributed by atoms with E-state index in [1.54, 1.807) is 11.3 Å². The number of nitriles is 2. The summed E-state index contributed by atoms with van der Waals surface area (Å²) in [4.78, 5) is 14.2. The molecule has 5 heteroatoms. The van der Waals surface area contributed by atoms with Gasteiger partial charge in [0.05, 0.1) is 12.1 Å². The highest BCUT2D eigenvalue weighted by atomic mass is 32.1. The van der Waals surface area contributed by atoms with Gasteiger partial charge in [0.1, 0.15) is 13.1 Å². The quantitative estimate of drug-likeness (QED) is 0.721. The number of rotatable bonds is 6. The lowest BCUT2D eigenvalue weighted by Crippen LogP contribution is -2.31. The average molecular weight is 247 g/mol. The Morgan fingerprint density at radius 3 is 2.59 bits per heavy atom. The van der Waals surface area contributed by atoms with Crippen molar-refractivity contribution in [1.82, 2.24) is 4.90 Å². The van der Waals surface area contributed by atoms with Gasteiger partial charge in [0.2, 0.25) is 5.91 Å². The van der Waals surface area contributed by atoms with E-state index in [0.717, 1.165) is 12.8 Å². The third-order valence-electron chi connectivity index (χ3n) is 2.27. The smallest absolute Gasteiger partial charge is 0.224 e. The van der Waals surface area contributed by atoms with E-state index in [-0.39, 0.29) is 19.0 Å². The molecule has 1 heterocycles. The zero-order chi connectivity index (χ0) is 12.5. The molecule has 0 atom stereocenters. The number of carbonyl (C=O) groups is 1. The molecule has 4 nitrogen and oxygen atoms in total. The van der Waals surface area contributed by atoms with E-state index in [2.05, 4.69) is 0 Å². The lowest BCUT2D eigenvalue weighted by Gasteiger charge is -2.15. The zero-order valence-electron chi connectivity index (χ0n) is 9.43. The van der Waals surface area contributed by atoms with Crippen molar-refractivity contribution in [3.05, 3.63) is 22.4 Å². The Bertz CT molecular complexity index is 412. The molecule has 1 aromatic heterocycles. The number of nitrogens with zero attached hydrogens (tertiary/aromatic N) is 3. The largest absolute Gasteiger partial charge is 0.316 e. The van der Waals surface area contributed by atoms with Gasteiger partial charge >= 0.3 is 0 Å². The van der Waals surface area contributed by atoms with Gasteiger partial charge in [-0.25, -0.2) is 0 Å². The van der Waals surface area contributed by atoms with Crippen LogP contribution in [0.3, 0.4) is 0 Å². The van der Waals surface area contributed by atoms with Crippen LogP contribution in [0.1, 0.15) is 17.7 Å². The molecule has 0 spiro atoms. The molecule has 0 aliphatic heterocycles. The van der Waals surface area contributed by atoms with Crippen molar-refractivity contribution in [3.63, 3.8) is 0 Å². The molecule has 0 aromatic carbocycles. The van der Waals surface area contributed by atoms with Gasteiger partial charge in [0.25, 0.3) is 0 Å². The number of carbonyl (C=O) groups excluding carboxylic acids is 1. The van der Waals surface area contributed by atoms with Crippen molar-refractivity contribution in [2.75, 3.05) is 13.1 Å². The van der Waals surface area contributed by atoms with Crippen molar-refractivity contribution < 1.29 is 4.79 Å². The third kappa shape index (κ3) is 4.67. The Balaban J connectivity index is 2.32. The van der Waals surface area contributed by atoms with Crippen LogP contribution in [-0.2, 0) is 11.2 Å². The van der Waals surface area contributed by atoms with Crippen LogP contribution in [0.4, 0.5) is 0 Å². The van der Waals surface area contributed by atoms with E-state index in [1.807, 2.05) is 29.7 Å². The summed E-state index contributed by atoms with van der Waals surface area (Å²) in [6.07, 6.45) is 2.02. The first-order valence-electron chi connectivity index (χ1n) is 5.32. The normalized spacial score (nSPS) is 9.29. The molecule has 0 aliphatic rings. The second-order valence-electron chi connectivity index (χ2n) is 3.50. The molecule has 0 saturated heterocycles. The van der Waals surface area contributed by atoms with Crippen LogP contribution >= 0.6 is 11.3 Å². The number of hydrogen-bond acceptors (Lipinski definition) is 4. The molecule has 0 unspecified atom stereocenters. The van der Waals surface area contributed by atoms with Crippen molar-refractivity contribution in [2.24, 2.45) is 0 Å². The second kappa shape index (κ2) is 7.43.